The molecule has 1 fully saturated rings. The van der Waals surface area contributed by atoms with Crippen molar-refractivity contribution in [3.05, 3.63) is 23.8 Å². The second kappa shape index (κ2) is 4.49. The Bertz CT molecular complexity index is 433. The minimum absolute atomic E-state index is 0.339. The summed E-state index contributed by atoms with van der Waals surface area (Å²) in [5.74, 6) is 2.13. The highest BCUT2D eigenvalue weighted by Gasteiger charge is 2.42. The second-order valence-corrected chi connectivity index (χ2v) is 5.69. The van der Waals surface area contributed by atoms with Crippen molar-refractivity contribution in [2.75, 3.05) is 0 Å². The van der Waals surface area contributed by atoms with Crippen LogP contribution in [-0.4, -0.2) is 5.79 Å². The van der Waals surface area contributed by atoms with Crippen LogP contribution in [0.5, 0.6) is 11.5 Å². The third kappa shape index (κ3) is 1.98. The van der Waals surface area contributed by atoms with Gasteiger partial charge in [0.05, 0.1) is 0 Å². The van der Waals surface area contributed by atoms with E-state index < -0.39 is 0 Å². The van der Waals surface area contributed by atoms with Gasteiger partial charge < -0.3 is 9.47 Å². The number of hydrogen-bond acceptors (Lipinski definition) is 2. The molecule has 1 spiro atoms. The average molecular weight is 246 g/mol. The first-order valence-corrected chi connectivity index (χ1v) is 7.24. The quantitative estimate of drug-likeness (QED) is 0.757. The largest absolute Gasteiger partial charge is 0.448 e. The van der Waals surface area contributed by atoms with Gasteiger partial charge in [-0.05, 0) is 42.9 Å². The van der Waals surface area contributed by atoms with E-state index in [1.165, 1.54) is 24.8 Å². The summed E-state index contributed by atoms with van der Waals surface area (Å²) in [5.41, 5.74) is 1.35. The highest BCUT2D eigenvalue weighted by atomic mass is 16.7. The van der Waals surface area contributed by atoms with E-state index in [1.807, 2.05) is 0 Å². The zero-order valence-electron chi connectivity index (χ0n) is 11.4. The van der Waals surface area contributed by atoms with Gasteiger partial charge in [0.2, 0.25) is 0 Å². The van der Waals surface area contributed by atoms with Crippen molar-refractivity contribution in [2.24, 2.45) is 0 Å². The van der Waals surface area contributed by atoms with Crippen LogP contribution >= 0.6 is 0 Å². The molecular weight excluding hydrogens is 224 g/mol. The maximum absolute atomic E-state index is 6.15. The van der Waals surface area contributed by atoms with Crippen LogP contribution in [0.4, 0.5) is 0 Å². The molecule has 0 amide bonds. The highest BCUT2D eigenvalue weighted by Crippen LogP contribution is 2.46. The van der Waals surface area contributed by atoms with E-state index >= 15 is 0 Å². The van der Waals surface area contributed by atoms with Gasteiger partial charge in [-0.1, -0.05) is 26.3 Å². The zero-order chi connectivity index (χ0) is 12.6. The molecule has 0 bridgehead atoms. The SMILES string of the molecule is CCC(C)c1ccc2c(c1)OC1(CCCCC1)O2. The number of rotatable bonds is 2. The van der Waals surface area contributed by atoms with Crippen LogP contribution in [0, 0.1) is 0 Å². The minimum atomic E-state index is -0.339. The van der Waals surface area contributed by atoms with Gasteiger partial charge in [0.15, 0.2) is 11.5 Å². The molecule has 1 saturated carbocycles. The first-order chi connectivity index (χ1) is 8.72. The summed E-state index contributed by atoms with van der Waals surface area (Å²) in [6.07, 6.45) is 6.95. The normalized spacial score (nSPS) is 22.1. The Labute approximate surface area is 109 Å². The summed E-state index contributed by atoms with van der Waals surface area (Å²) in [5, 5.41) is 0. The van der Waals surface area contributed by atoms with E-state index in [-0.39, 0.29) is 5.79 Å². The highest BCUT2D eigenvalue weighted by molar-refractivity contribution is 5.46. The molecule has 98 valence electrons. The van der Waals surface area contributed by atoms with Gasteiger partial charge in [0, 0.05) is 12.8 Å². The zero-order valence-corrected chi connectivity index (χ0v) is 11.4. The molecule has 0 radical (unpaired) electrons. The third-order valence-electron chi connectivity index (χ3n) is 4.36. The molecule has 2 nitrogen and oxygen atoms in total. The fourth-order valence-corrected chi connectivity index (χ4v) is 2.95. The van der Waals surface area contributed by atoms with Crippen LogP contribution in [0.3, 0.4) is 0 Å². The Kier molecular flexibility index (Phi) is 2.96. The summed E-state index contributed by atoms with van der Waals surface area (Å²) in [7, 11) is 0. The minimum Gasteiger partial charge on any atom is -0.448 e. The number of benzene rings is 1. The summed E-state index contributed by atoms with van der Waals surface area (Å²) in [4.78, 5) is 0. The number of hydrogen-bond donors (Lipinski definition) is 0. The van der Waals surface area contributed by atoms with Crippen LogP contribution in [0.2, 0.25) is 0 Å². The van der Waals surface area contributed by atoms with E-state index in [0.717, 1.165) is 30.8 Å². The molecule has 2 aliphatic rings. The van der Waals surface area contributed by atoms with E-state index in [1.54, 1.807) is 0 Å². The van der Waals surface area contributed by atoms with E-state index in [0.29, 0.717) is 5.92 Å². The molecule has 0 N–H and O–H groups in total. The van der Waals surface area contributed by atoms with E-state index in [4.69, 9.17) is 9.47 Å². The van der Waals surface area contributed by atoms with Crippen LogP contribution in [0.1, 0.15) is 63.9 Å². The molecule has 1 aliphatic heterocycles. The van der Waals surface area contributed by atoms with Crippen molar-refractivity contribution in [1.82, 2.24) is 0 Å². The summed E-state index contributed by atoms with van der Waals surface area (Å²) >= 11 is 0. The van der Waals surface area contributed by atoms with Gasteiger partial charge in [-0.2, -0.15) is 0 Å². The van der Waals surface area contributed by atoms with Crippen molar-refractivity contribution in [1.29, 1.82) is 0 Å². The molecule has 0 saturated heterocycles. The van der Waals surface area contributed by atoms with E-state index in [9.17, 15) is 0 Å². The summed E-state index contributed by atoms with van der Waals surface area (Å²) in [6.45, 7) is 4.48. The van der Waals surface area contributed by atoms with Gasteiger partial charge in [-0.15, -0.1) is 0 Å². The first kappa shape index (κ1) is 11.9. The number of fused-ring (bicyclic) bond motifs is 1. The topological polar surface area (TPSA) is 18.5 Å². The lowest BCUT2D eigenvalue weighted by molar-refractivity contribution is -0.105. The van der Waals surface area contributed by atoms with Crippen LogP contribution in [-0.2, 0) is 0 Å². The van der Waals surface area contributed by atoms with Crippen molar-refractivity contribution >= 4 is 0 Å². The van der Waals surface area contributed by atoms with Crippen LogP contribution in [0.15, 0.2) is 18.2 Å². The maximum atomic E-state index is 6.15. The second-order valence-electron chi connectivity index (χ2n) is 5.69. The van der Waals surface area contributed by atoms with Gasteiger partial charge in [0.1, 0.15) is 0 Å². The van der Waals surface area contributed by atoms with E-state index in [2.05, 4.69) is 32.0 Å². The molecule has 1 unspecified atom stereocenters. The maximum Gasteiger partial charge on any atom is 0.251 e. The smallest absolute Gasteiger partial charge is 0.251 e. The van der Waals surface area contributed by atoms with Crippen LogP contribution in [0.25, 0.3) is 0 Å². The third-order valence-corrected chi connectivity index (χ3v) is 4.36. The Balaban J connectivity index is 1.84. The van der Waals surface area contributed by atoms with Crippen LogP contribution < -0.4 is 9.47 Å². The van der Waals surface area contributed by atoms with Crippen molar-refractivity contribution < 1.29 is 9.47 Å². The predicted octanol–water partition coefficient (Wildman–Crippen LogP) is 4.63. The molecule has 18 heavy (non-hydrogen) atoms. The summed E-state index contributed by atoms with van der Waals surface area (Å²) < 4.78 is 12.2. The molecule has 3 rings (SSSR count). The standard InChI is InChI=1S/C16H22O2/c1-3-12(2)13-7-8-14-15(11-13)18-16(17-14)9-5-4-6-10-16/h7-8,11-12H,3-6,9-10H2,1-2H3. The Morgan fingerprint density at radius 1 is 1.11 bits per heavy atom. The molecule has 1 atom stereocenters. The summed E-state index contributed by atoms with van der Waals surface area (Å²) in [6, 6.07) is 6.44. The lowest BCUT2D eigenvalue weighted by Crippen LogP contribution is -2.40. The number of ether oxygens (including phenoxy) is 2. The first-order valence-electron chi connectivity index (χ1n) is 7.24. The van der Waals surface area contributed by atoms with Gasteiger partial charge in [0.25, 0.3) is 5.79 Å². The average Bonchev–Trinajstić information content (AvgIpc) is 2.74. The van der Waals surface area contributed by atoms with Gasteiger partial charge >= 0.3 is 0 Å². The molecule has 1 aromatic rings. The lowest BCUT2D eigenvalue weighted by atomic mass is 9.94. The lowest BCUT2D eigenvalue weighted by Gasteiger charge is -2.31. The molecule has 2 heteroatoms. The Morgan fingerprint density at radius 3 is 2.56 bits per heavy atom. The van der Waals surface area contributed by atoms with Gasteiger partial charge in [-0.3, -0.25) is 0 Å². The molecule has 0 aromatic heterocycles. The monoisotopic (exact) mass is 246 g/mol. The fourth-order valence-electron chi connectivity index (χ4n) is 2.95. The fraction of sp³-hybridized carbons (Fsp3) is 0.625. The Morgan fingerprint density at radius 2 is 1.83 bits per heavy atom. The van der Waals surface area contributed by atoms with Crippen molar-refractivity contribution in [3.63, 3.8) is 0 Å². The molecule has 1 aromatic carbocycles. The predicted molar refractivity (Wildman–Crippen MR) is 72.2 cm³/mol. The van der Waals surface area contributed by atoms with Gasteiger partial charge in [-0.25, -0.2) is 0 Å². The van der Waals surface area contributed by atoms with Crippen molar-refractivity contribution in [2.45, 2.75) is 64.1 Å². The Hall–Kier alpha value is -1.18. The molecule has 1 heterocycles. The molecule has 1 aliphatic carbocycles. The molecular formula is C16H22O2. The van der Waals surface area contributed by atoms with Crippen molar-refractivity contribution in [3.8, 4) is 11.5 Å².